The standard InChI is InChI=1S/C12H12FN3O3S/c1-16-8-2-3-11(16)12(17)14-15-20(18,19)10-6-4-9(13)5-7-10/h2-8,15H,1H3,(H,14,17). The summed E-state index contributed by atoms with van der Waals surface area (Å²) >= 11 is 0. The van der Waals surface area contributed by atoms with E-state index in [2.05, 4.69) is 5.43 Å². The predicted octanol–water partition coefficient (Wildman–Crippen LogP) is 0.787. The Labute approximate surface area is 115 Å². The summed E-state index contributed by atoms with van der Waals surface area (Å²) in [6.07, 6.45) is 1.66. The third kappa shape index (κ3) is 3.03. The molecule has 0 atom stereocenters. The van der Waals surface area contributed by atoms with Crippen LogP contribution in [0.1, 0.15) is 10.5 Å². The molecule has 0 bridgehead atoms. The van der Waals surface area contributed by atoms with Crippen LogP contribution in [0.5, 0.6) is 0 Å². The van der Waals surface area contributed by atoms with Crippen molar-refractivity contribution in [1.82, 2.24) is 14.8 Å². The van der Waals surface area contributed by atoms with Crippen molar-refractivity contribution in [3.63, 3.8) is 0 Å². The maximum Gasteiger partial charge on any atom is 0.282 e. The van der Waals surface area contributed by atoms with Gasteiger partial charge in [-0.3, -0.25) is 10.2 Å². The molecular formula is C12H12FN3O3S. The highest BCUT2D eigenvalue weighted by Crippen LogP contribution is 2.08. The number of nitrogens with zero attached hydrogens (tertiary/aromatic N) is 1. The summed E-state index contributed by atoms with van der Waals surface area (Å²) in [6, 6.07) is 7.45. The van der Waals surface area contributed by atoms with Crippen molar-refractivity contribution in [2.75, 3.05) is 0 Å². The van der Waals surface area contributed by atoms with Gasteiger partial charge in [-0.05, 0) is 36.4 Å². The Kier molecular flexibility index (Phi) is 3.86. The minimum atomic E-state index is -3.93. The first-order valence-corrected chi connectivity index (χ1v) is 7.07. The van der Waals surface area contributed by atoms with Crippen LogP contribution in [-0.2, 0) is 17.1 Å². The van der Waals surface area contributed by atoms with Crippen LogP contribution >= 0.6 is 0 Å². The lowest BCUT2D eigenvalue weighted by Gasteiger charge is -2.08. The molecule has 2 rings (SSSR count). The molecule has 0 saturated carbocycles. The molecule has 20 heavy (non-hydrogen) atoms. The molecule has 2 aromatic rings. The average molecular weight is 297 g/mol. The second-order valence-corrected chi connectivity index (χ2v) is 5.70. The normalized spacial score (nSPS) is 11.3. The summed E-state index contributed by atoms with van der Waals surface area (Å²) < 4.78 is 38.0. The highest BCUT2D eigenvalue weighted by Gasteiger charge is 2.16. The number of hydrogen-bond acceptors (Lipinski definition) is 3. The number of benzene rings is 1. The van der Waals surface area contributed by atoms with Crippen LogP contribution in [-0.4, -0.2) is 18.9 Å². The van der Waals surface area contributed by atoms with E-state index in [1.165, 1.54) is 0 Å². The van der Waals surface area contributed by atoms with Gasteiger partial charge in [0.15, 0.2) is 0 Å². The van der Waals surface area contributed by atoms with Crippen LogP contribution < -0.4 is 10.3 Å². The van der Waals surface area contributed by atoms with Gasteiger partial charge < -0.3 is 4.57 Å². The molecule has 1 amide bonds. The molecular weight excluding hydrogens is 285 g/mol. The summed E-state index contributed by atoms with van der Waals surface area (Å²) in [5.41, 5.74) is 2.39. The van der Waals surface area contributed by atoms with Gasteiger partial charge in [0.2, 0.25) is 0 Å². The SMILES string of the molecule is Cn1cccc1C(=O)NNS(=O)(=O)c1ccc(F)cc1. The monoisotopic (exact) mass is 297 g/mol. The lowest BCUT2D eigenvalue weighted by molar-refractivity contribution is 0.0937. The smallest absolute Gasteiger partial charge is 0.282 e. The summed E-state index contributed by atoms with van der Waals surface area (Å²) in [6.45, 7) is 0. The van der Waals surface area contributed by atoms with Gasteiger partial charge in [-0.25, -0.2) is 12.8 Å². The minimum Gasteiger partial charge on any atom is -0.347 e. The molecule has 0 fully saturated rings. The second-order valence-electron chi connectivity index (χ2n) is 4.02. The van der Waals surface area contributed by atoms with Crippen molar-refractivity contribution in [1.29, 1.82) is 0 Å². The Morgan fingerprint density at radius 2 is 1.85 bits per heavy atom. The summed E-state index contributed by atoms with van der Waals surface area (Å²) in [5, 5.41) is 0. The van der Waals surface area contributed by atoms with Gasteiger partial charge in [-0.1, -0.05) is 0 Å². The molecule has 0 spiro atoms. The minimum absolute atomic E-state index is 0.147. The number of hydrogen-bond donors (Lipinski definition) is 2. The molecule has 6 nitrogen and oxygen atoms in total. The Bertz CT molecular complexity index is 723. The number of halogens is 1. The largest absolute Gasteiger partial charge is 0.347 e. The Morgan fingerprint density at radius 1 is 1.20 bits per heavy atom. The molecule has 0 radical (unpaired) electrons. The van der Waals surface area contributed by atoms with Crippen LogP contribution in [0.25, 0.3) is 0 Å². The number of hydrazine groups is 1. The highest BCUT2D eigenvalue weighted by molar-refractivity contribution is 7.89. The van der Waals surface area contributed by atoms with E-state index in [1.54, 1.807) is 29.9 Å². The molecule has 8 heteroatoms. The number of carbonyl (C=O) groups excluding carboxylic acids is 1. The Balaban J connectivity index is 2.08. The predicted molar refractivity (Wildman–Crippen MR) is 69.6 cm³/mol. The van der Waals surface area contributed by atoms with Gasteiger partial charge in [0, 0.05) is 13.2 Å². The maximum absolute atomic E-state index is 12.7. The van der Waals surface area contributed by atoms with E-state index in [9.17, 15) is 17.6 Å². The number of sulfonamides is 1. The number of nitrogens with one attached hydrogen (secondary N) is 2. The molecule has 106 valence electrons. The lowest BCUT2D eigenvalue weighted by Crippen LogP contribution is -2.42. The van der Waals surface area contributed by atoms with Gasteiger partial charge in [0.1, 0.15) is 11.5 Å². The van der Waals surface area contributed by atoms with Gasteiger partial charge in [-0.2, -0.15) is 0 Å². The van der Waals surface area contributed by atoms with Gasteiger partial charge >= 0.3 is 0 Å². The molecule has 1 aromatic carbocycles. The zero-order valence-corrected chi connectivity index (χ0v) is 11.3. The number of aromatic nitrogens is 1. The molecule has 0 unspecified atom stereocenters. The number of rotatable bonds is 4. The maximum atomic E-state index is 12.7. The van der Waals surface area contributed by atoms with E-state index in [4.69, 9.17) is 0 Å². The molecule has 0 aliphatic heterocycles. The van der Waals surface area contributed by atoms with Crippen LogP contribution in [0, 0.1) is 5.82 Å². The Morgan fingerprint density at radius 3 is 2.40 bits per heavy atom. The first-order valence-electron chi connectivity index (χ1n) is 5.59. The summed E-state index contributed by atoms with van der Waals surface area (Å²) in [4.78, 5) is 13.5. The molecule has 1 heterocycles. The Hall–Kier alpha value is -2.19. The third-order valence-corrected chi connectivity index (χ3v) is 3.86. The van der Waals surface area contributed by atoms with E-state index in [0.717, 1.165) is 24.3 Å². The van der Waals surface area contributed by atoms with E-state index < -0.39 is 21.7 Å². The van der Waals surface area contributed by atoms with Gasteiger partial charge in [-0.15, -0.1) is 4.83 Å². The van der Waals surface area contributed by atoms with E-state index in [1.807, 2.05) is 4.83 Å². The second kappa shape index (κ2) is 5.43. The number of amides is 1. The fourth-order valence-corrected chi connectivity index (χ4v) is 2.39. The van der Waals surface area contributed by atoms with Crippen molar-refractivity contribution in [3.05, 3.63) is 54.1 Å². The summed E-state index contributed by atoms with van der Waals surface area (Å²) in [7, 11) is -2.28. The van der Waals surface area contributed by atoms with E-state index in [-0.39, 0.29) is 4.90 Å². The topological polar surface area (TPSA) is 80.2 Å². The summed E-state index contributed by atoms with van der Waals surface area (Å²) in [5.74, 6) is -1.14. The molecule has 0 aliphatic carbocycles. The molecule has 0 aliphatic rings. The van der Waals surface area contributed by atoms with Gasteiger partial charge in [0.25, 0.3) is 15.9 Å². The van der Waals surface area contributed by atoms with E-state index >= 15 is 0 Å². The zero-order chi connectivity index (χ0) is 14.8. The third-order valence-electron chi connectivity index (χ3n) is 2.60. The average Bonchev–Trinajstić information content (AvgIpc) is 2.83. The zero-order valence-electron chi connectivity index (χ0n) is 10.5. The number of aryl methyl sites for hydroxylation is 1. The van der Waals surface area contributed by atoms with Crippen molar-refractivity contribution >= 4 is 15.9 Å². The van der Waals surface area contributed by atoms with Crippen LogP contribution in [0.2, 0.25) is 0 Å². The van der Waals surface area contributed by atoms with Crippen LogP contribution in [0.4, 0.5) is 4.39 Å². The van der Waals surface area contributed by atoms with Gasteiger partial charge in [0.05, 0.1) is 4.90 Å². The van der Waals surface area contributed by atoms with Crippen molar-refractivity contribution in [2.24, 2.45) is 7.05 Å². The molecule has 1 aromatic heterocycles. The highest BCUT2D eigenvalue weighted by atomic mass is 32.2. The lowest BCUT2D eigenvalue weighted by atomic mass is 10.4. The fraction of sp³-hybridized carbons (Fsp3) is 0.0833. The van der Waals surface area contributed by atoms with Crippen molar-refractivity contribution in [2.45, 2.75) is 4.90 Å². The van der Waals surface area contributed by atoms with Crippen molar-refractivity contribution < 1.29 is 17.6 Å². The van der Waals surface area contributed by atoms with E-state index in [0.29, 0.717) is 5.69 Å². The number of carbonyl (C=O) groups is 1. The quantitative estimate of drug-likeness (QED) is 0.819. The fourth-order valence-electron chi connectivity index (χ4n) is 1.55. The van der Waals surface area contributed by atoms with Crippen molar-refractivity contribution in [3.8, 4) is 0 Å². The molecule has 0 saturated heterocycles. The van der Waals surface area contributed by atoms with Crippen LogP contribution in [0.3, 0.4) is 0 Å². The molecule has 2 N–H and O–H groups in total. The first-order chi connectivity index (χ1) is 9.40. The first kappa shape index (κ1) is 14.2. The van der Waals surface area contributed by atoms with Crippen LogP contribution in [0.15, 0.2) is 47.5 Å².